The van der Waals surface area contributed by atoms with E-state index in [2.05, 4.69) is 11.9 Å². The summed E-state index contributed by atoms with van der Waals surface area (Å²) in [6.45, 7) is 10.9. The van der Waals surface area contributed by atoms with E-state index in [4.69, 9.17) is 9.47 Å². The zero-order valence-electron chi connectivity index (χ0n) is 14.4. The third-order valence-electron chi connectivity index (χ3n) is 4.35. The molecule has 1 aliphatic carbocycles. The van der Waals surface area contributed by atoms with Gasteiger partial charge in [-0.25, -0.2) is 4.79 Å². The highest BCUT2D eigenvalue weighted by atomic mass is 16.6. The van der Waals surface area contributed by atoms with Crippen molar-refractivity contribution in [3.8, 4) is 0 Å². The van der Waals surface area contributed by atoms with Gasteiger partial charge >= 0.3 is 6.09 Å². The molecule has 6 nitrogen and oxygen atoms in total. The van der Waals surface area contributed by atoms with Gasteiger partial charge in [-0.3, -0.25) is 4.79 Å². The van der Waals surface area contributed by atoms with Crippen molar-refractivity contribution in [3.05, 3.63) is 12.7 Å². The molecule has 1 heterocycles. The van der Waals surface area contributed by atoms with E-state index in [0.29, 0.717) is 19.7 Å². The highest BCUT2D eigenvalue weighted by molar-refractivity contribution is 5.87. The highest BCUT2D eigenvalue weighted by Gasteiger charge is 2.41. The smallest absolute Gasteiger partial charge is 0.407 e. The van der Waals surface area contributed by atoms with Crippen LogP contribution in [0.25, 0.3) is 0 Å². The van der Waals surface area contributed by atoms with Gasteiger partial charge < -0.3 is 19.7 Å². The minimum Gasteiger partial charge on any atom is -0.444 e. The average molecular weight is 324 g/mol. The number of carbonyl (C=O) groups is 2. The first-order valence-corrected chi connectivity index (χ1v) is 8.28. The molecular formula is C17H28N2O4. The Kier molecular flexibility index (Phi) is 5.34. The van der Waals surface area contributed by atoms with Gasteiger partial charge in [-0.15, -0.1) is 0 Å². The second-order valence-corrected chi connectivity index (χ2v) is 7.42. The maximum Gasteiger partial charge on any atom is 0.407 e. The van der Waals surface area contributed by atoms with Gasteiger partial charge in [-0.1, -0.05) is 6.58 Å². The van der Waals surface area contributed by atoms with Crippen molar-refractivity contribution >= 4 is 12.0 Å². The first-order chi connectivity index (χ1) is 10.7. The molecule has 1 saturated heterocycles. The summed E-state index contributed by atoms with van der Waals surface area (Å²) in [6.07, 6.45) is 4.30. The first kappa shape index (κ1) is 17.8. The molecule has 0 aromatic rings. The Bertz CT molecular complexity index is 462. The lowest BCUT2D eigenvalue weighted by molar-refractivity contribution is -0.153. The van der Waals surface area contributed by atoms with Crippen LogP contribution >= 0.6 is 0 Å². The molecule has 2 rings (SSSR count). The largest absolute Gasteiger partial charge is 0.444 e. The van der Waals surface area contributed by atoms with E-state index in [9.17, 15) is 9.59 Å². The molecule has 23 heavy (non-hydrogen) atoms. The summed E-state index contributed by atoms with van der Waals surface area (Å²) in [6, 6.07) is 0.101. The van der Waals surface area contributed by atoms with Crippen LogP contribution in [0.4, 0.5) is 4.79 Å². The fourth-order valence-corrected chi connectivity index (χ4v) is 3.23. The minimum absolute atomic E-state index is 0.0401. The molecule has 0 bridgehead atoms. The zero-order valence-corrected chi connectivity index (χ0v) is 14.4. The Morgan fingerprint density at radius 2 is 2.00 bits per heavy atom. The quantitative estimate of drug-likeness (QED) is 0.791. The predicted molar refractivity (Wildman–Crippen MR) is 87.1 cm³/mol. The highest BCUT2D eigenvalue weighted by Crippen LogP contribution is 2.34. The van der Waals surface area contributed by atoms with Crippen molar-refractivity contribution in [2.24, 2.45) is 0 Å². The van der Waals surface area contributed by atoms with Gasteiger partial charge in [0.2, 0.25) is 5.91 Å². The zero-order chi connectivity index (χ0) is 17.1. The van der Waals surface area contributed by atoms with E-state index < -0.39 is 5.60 Å². The molecule has 0 atom stereocenters. The van der Waals surface area contributed by atoms with Crippen LogP contribution in [0.3, 0.4) is 0 Å². The Morgan fingerprint density at radius 3 is 2.57 bits per heavy atom. The molecule has 0 aromatic carbocycles. The molecular weight excluding hydrogens is 296 g/mol. The van der Waals surface area contributed by atoms with Gasteiger partial charge in [0.15, 0.2) is 0 Å². The van der Waals surface area contributed by atoms with Crippen molar-refractivity contribution in [2.45, 2.75) is 63.7 Å². The number of alkyl carbamates (subject to hydrolysis) is 1. The summed E-state index contributed by atoms with van der Waals surface area (Å²) >= 11 is 0. The van der Waals surface area contributed by atoms with E-state index in [1.54, 1.807) is 4.90 Å². The molecule has 2 amide bonds. The minimum atomic E-state index is -0.488. The molecule has 1 spiro atoms. The van der Waals surface area contributed by atoms with Gasteiger partial charge in [0.05, 0.1) is 18.8 Å². The number of nitrogens with zero attached hydrogens (tertiary/aromatic N) is 1. The van der Waals surface area contributed by atoms with Gasteiger partial charge in [0.25, 0.3) is 0 Å². The molecule has 1 N–H and O–H groups in total. The fraction of sp³-hybridized carbons (Fsp3) is 0.765. The van der Waals surface area contributed by atoms with Crippen LogP contribution in [0.1, 0.15) is 46.5 Å². The molecule has 1 aliphatic heterocycles. The molecule has 2 fully saturated rings. The third kappa shape index (κ3) is 4.96. The lowest BCUT2D eigenvalue weighted by Crippen LogP contribution is -2.56. The molecule has 6 heteroatoms. The fourth-order valence-electron chi connectivity index (χ4n) is 3.23. The van der Waals surface area contributed by atoms with Crippen molar-refractivity contribution in [1.82, 2.24) is 10.2 Å². The number of carbonyl (C=O) groups excluding carboxylic acids is 2. The Morgan fingerprint density at radius 1 is 1.35 bits per heavy atom. The summed E-state index contributed by atoms with van der Waals surface area (Å²) < 4.78 is 11.3. The second kappa shape index (κ2) is 6.91. The number of hydrogen-bond donors (Lipinski definition) is 1. The summed E-state index contributed by atoms with van der Waals surface area (Å²) in [4.78, 5) is 25.5. The monoisotopic (exact) mass is 324 g/mol. The van der Waals surface area contributed by atoms with Gasteiger partial charge in [-0.2, -0.15) is 0 Å². The van der Waals surface area contributed by atoms with E-state index in [-0.39, 0.29) is 23.6 Å². The number of amides is 2. The van der Waals surface area contributed by atoms with Crippen LogP contribution in [0.2, 0.25) is 0 Å². The maximum atomic E-state index is 11.8. The Balaban J connectivity index is 1.84. The summed E-state index contributed by atoms with van der Waals surface area (Å²) in [5.41, 5.74) is -0.763. The van der Waals surface area contributed by atoms with Crippen LogP contribution in [0.15, 0.2) is 12.7 Å². The van der Waals surface area contributed by atoms with Crippen LogP contribution < -0.4 is 5.32 Å². The SMILES string of the molecule is C=CC(=O)N1CCOC2(CCC(NC(=O)OC(C)(C)C)CC2)C1. The maximum absolute atomic E-state index is 11.8. The van der Waals surface area contributed by atoms with E-state index in [0.717, 1.165) is 25.7 Å². The molecule has 2 aliphatic rings. The van der Waals surface area contributed by atoms with Gasteiger partial charge in [0, 0.05) is 12.6 Å². The second-order valence-electron chi connectivity index (χ2n) is 7.42. The van der Waals surface area contributed by atoms with E-state index in [1.165, 1.54) is 6.08 Å². The van der Waals surface area contributed by atoms with Crippen LogP contribution in [-0.4, -0.2) is 53.8 Å². The standard InChI is InChI=1S/C17H28N2O4/c1-5-14(20)19-10-11-22-17(12-19)8-6-13(7-9-17)18-15(21)23-16(2,3)4/h5,13H,1,6-12H2,2-4H3,(H,18,21). The van der Waals surface area contributed by atoms with E-state index in [1.807, 2.05) is 20.8 Å². The number of ether oxygens (including phenoxy) is 2. The van der Waals surface area contributed by atoms with Gasteiger partial charge in [0.1, 0.15) is 5.60 Å². The summed E-state index contributed by atoms with van der Waals surface area (Å²) in [7, 11) is 0. The predicted octanol–water partition coefficient (Wildman–Crippen LogP) is 2.24. The molecule has 0 radical (unpaired) electrons. The summed E-state index contributed by atoms with van der Waals surface area (Å²) in [5, 5.41) is 2.93. The summed E-state index contributed by atoms with van der Waals surface area (Å²) in [5.74, 6) is -0.0401. The average Bonchev–Trinajstić information content (AvgIpc) is 2.47. The lowest BCUT2D eigenvalue weighted by atomic mass is 9.81. The number of hydrogen-bond acceptors (Lipinski definition) is 4. The molecule has 0 unspecified atom stereocenters. The topological polar surface area (TPSA) is 67.9 Å². The van der Waals surface area contributed by atoms with E-state index >= 15 is 0 Å². The molecule has 0 aromatic heterocycles. The van der Waals surface area contributed by atoms with Crippen molar-refractivity contribution < 1.29 is 19.1 Å². The molecule has 130 valence electrons. The van der Waals surface area contributed by atoms with Crippen LogP contribution in [-0.2, 0) is 14.3 Å². The Hall–Kier alpha value is -1.56. The lowest BCUT2D eigenvalue weighted by Gasteiger charge is -2.46. The normalized spacial score (nSPS) is 28.3. The van der Waals surface area contributed by atoms with Crippen molar-refractivity contribution in [2.75, 3.05) is 19.7 Å². The number of rotatable bonds is 2. The van der Waals surface area contributed by atoms with Gasteiger partial charge in [-0.05, 0) is 52.5 Å². The number of morpholine rings is 1. The Labute approximate surface area is 138 Å². The first-order valence-electron chi connectivity index (χ1n) is 8.28. The number of nitrogens with one attached hydrogen (secondary N) is 1. The molecule has 1 saturated carbocycles. The van der Waals surface area contributed by atoms with Crippen molar-refractivity contribution in [3.63, 3.8) is 0 Å². The van der Waals surface area contributed by atoms with Crippen LogP contribution in [0.5, 0.6) is 0 Å². The van der Waals surface area contributed by atoms with Crippen LogP contribution in [0, 0.1) is 0 Å². The third-order valence-corrected chi connectivity index (χ3v) is 4.35. The van der Waals surface area contributed by atoms with Crippen molar-refractivity contribution in [1.29, 1.82) is 0 Å².